The van der Waals surface area contributed by atoms with Crippen LogP contribution in [0.1, 0.15) is 50.2 Å². The molecule has 1 heterocycles. The number of aryl methyl sites for hydroxylation is 4. The summed E-state index contributed by atoms with van der Waals surface area (Å²) in [5, 5.41) is 0. The highest BCUT2D eigenvalue weighted by atomic mass is 16.5. The minimum Gasteiger partial charge on any atom is -0.449 e. The van der Waals surface area contributed by atoms with Crippen molar-refractivity contribution in [2.45, 2.75) is 40.7 Å². The highest BCUT2D eigenvalue weighted by molar-refractivity contribution is 6.02. The number of ether oxygens (including phenoxy) is 1. The van der Waals surface area contributed by atoms with Gasteiger partial charge in [0.15, 0.2) is 11.8 Å². The number of benzene rings is 1. The van der Waals surface area contributed by atoms with Crippen molar-refractivity contribution < 1.29 is 14.3 Å². The van der Waals surface area contributed by atoms with Crippen LogP contribution in [0.15, 0.2) is 24.5 Å². The quantitative estimate of drug-likeness (QED) is 0.641. The van der Waals surface area contributed by atoms with E-state index < -0.39 is 12.1 Å². The summed E-state index contributed by atoms with van der Waals surface area (Å²) in [5.74, 6) is -0.876. The standard InChI is InChI=1S/C18H20N2O3/c1-10-6-12(3)15(7-11(10)2)17(21)14(5)23-18(22)16-9-19-13(4)8-20-16/h6-9,14H,1-5H3/t14-/m1/s1. The van der Waals surface area contributed by atoms with Crippen LogP contribution in [0, 0.1) is 27.7 Å². The van der Waals surface area contributed by atoms with Crippen LogP contribution in [-0.2, 0) is 4.74 Å². The largest absolute Gasteiger partial charge is 0.449 e. The Bertz CT molecular complexity index is 752. The van der Waals surface area contributed by atoms with E-state index in [1.54, 1.807) is 13.8 Å². The molecule has 5 heteroatoms. The fourth-order valence-electron chi connectivity index (χ4n) is 2.22. The van der Waals surface area contributed by atoms with Crippen molar-refractivity contribution in [1.82, 2.24) is 9.97 Å². The summed E-state index contributed by atoms with van der Waals surface area (Å²) < 4.78 is 5.23. The SMILES string of the molecule is Cc1cnc(C(=O)O[C@H](C)C(=O)c2cc(C)c(C)cc2C)cn1. The molecule has 0 unspecified atom stereocenters. The Hall–Kier alpha value is -2.56. The lowest BCUT2D eigenvalue weighted by molar-refractivity contribution is 0.0312. The van der Waals surface area contributed by atoms with Gasteiger partial charge in [-0.15, -0.1) is 0 Å². The highest BCUT2D eigenvalue weighted by Gasteiger charge is 2.23. The average Bonchev–Trinajstić information content (AvgIpc) is 2.50. The minimum atomic E-state index is -0.883. The molecule has 2 rings (SSSR count). The van der Waals surface area contributed by atoms with Gasteiger partial charge in [-0.25, -0.2) is 9.78 Å². The molecule has 1 aromatic carbocycles. The zero-order valence-corrected chi connectivity index (χ0v) is 14.0. The predicted octanol–water partition coefficient (Wildman–Crippen LogP) is 3.14. The third-order valence-electron chi connectivity index (χ3n) is 3.75. The molecule has 0 saturated heterocycles. The number of Topliss-reactive ketones (excluding diaryl/α,β-unsaturated/α-hetero) is 1. The predicted molar refractivity (Wildman–Crippen MR) is 86.6 cm³/mol. The maximum Gasteiger partial charge on any atom is 0.359 e. The summed E-state index contributed by atoms with van der Waals surface area (Å²) in [6.07, 6.45) is 1.94. The van der Waals surface area contributed by atoms with Gasteiger partial charge in [0, 0.05) is 11.8 Å². The van der Waals surface area contributed by atoms with Gasteiger partial charge in [0.2, 0.25) is 5.78 Å². The van der Waals surface area contributed by atoms with Crippen LogP contribution in [0.5, 0.6) is 0 Å². The molecule has 0 aliphatic carbocycles. The molecule has 0 N–H and O–H groups in total. The molecule has 120 valence electrons. The van der Waals surface area contributed by atoms with Crippen molar-refractivity contribution in [2.75, 3.05) is 0 Å². The molecule has 0 saturated carbocycles. The Balaban J connectivity index is 2.15. The van der Waals surface area contributed by atoms with Crippen molar-refractivity contribution in [3.8, 4) is 0 Å². The fraction of sp³-hybridized carbons (Fsp3) is 0.333. The second kappa shape index (κ2) is 6.69. The van der Waals surface area contributed by atoms with Crippen molar-refractivity contribution in [1.29, 1.82) is 0 Å². The van der Waals surface area contributed by atoms with Crippen LogP contribution in [0.4, 0.5) is 0 Å². The number of nitrogens with zero attached hydrogens (tertiary/aromatic N) is 2. The van der Waals surface area contributed by atoms with Crippen molar-refractivity contribution in [3.05, 3.63) is 58.2 Å². The van der Waals surface area contributed by atoms with E-state index in [1.807, 2.05) is 32.9 Å². The maximum absolute atomic E-state index is 12.5. The molecule has 5 nitrogen and oxygen atoms in total. The van der Waals surface area contributed by atoms with Gasteiger partial charge in [-0.05, 0) is 57.4 Å². The number of carbonyl (C=O) groups excluding carboxylic acids is 2. The van der Waals surface area contributed by atoms with Gasteiger partial charge in [-0.3, -0.25) is 9.78 Å². The number of hydrogen-bond acceptors (Lipinski definition) is 5. The molecule has 23 heavy (non-hydrogen) atoms. The number of hydrogen-bond donors (Lipinski definition) is 0. The zero-order valence-electron chi connectivity index (χ0n) is 14.0. The molecule has 0 aliphatic rings. The fourth-order valence-corrected chi connectivity index (χ4v) is 2.22. The van der Waals surface area contributed by atoms with Crippen LogP contribution in [0.2, 0.25) is 0 Å². The molecular formula is C18H20N2O3. The molecule has 0 radical (unpaired) electrons. The number of aromatic nitrogens is 2. The van der Waals surface area contributed by atoms with Gasteiger partial charge in [0.1, 0.15) is 0 Å². The third-order valence-corrected chi connectivity index (χ3v) is 3.75. The van der Waals surface area contributed by atoms with Crippen molar-refractivity contribution in [3.63, 3.8) is 0 Å². The number of carbonyl (C=O) groups is 2. The lowest BCUT2D eigenvalue weighted by Crippen LogP contribution is -2.25. The van der Waals surface area contributed by atoms with E-state index in [9.17, 15) is 9.59 Å². The van der Waals surface area contributed by atoms with E-state index in [1.165, 1.54) is 12.4 Å². The summed E-state index contributed by atoms with van der Waals surface area (Å²) in [6, 6.07) is 3.80. The maximum atomic E-state index is 12.5. The lowest BCUT2D eigenvalue weighted by atomic mass is 9.96. The smallest absolute Gasteiger partial charge is 0.359 e. The molecule has 2 aromatic rings. The molecule has 1 atom stereocenters. The zero-order chi connectivity index (χ0) is 17.1. The molecule has 1 aromatic heterocycles. The van der Waals surface area contributed by atoms with Crippen molar-refractivity contribution >= 4 is 11.8 Å². The first kappa shape index (κ1) is 16.8. The van der Waals surface area contributed by atoms with E-state index in [0.717, 1.165) is 16.7 Å². The number of rotatable bonds is 4. The average molecular weight is 312 g/mol. The summed E-state index contributed by atoms with van der Waals surface area (Å²) in [5.41, 5.74) is 4.39. The third kappa shape index (κ3) is 3.80. The van der Waals surface area contributed by atoms with E-state index in [4.69, 9.17) is 4.74 Å². The Labute approximate surface area is 135 Å². The minimum absolute atomic E-state index is 0.0899. The van der Waals surface area contributed by atoms with Gasteiger partial charge in [-0.2, -0.15) is 0 Å². The molecule has 0 amide bonds. The molecule has 0 spiro atoms. The summed E-state index contributed by atoms with van der Waals surface area (Å²) in [7, 11) is 0. The molecule has 0 fully saturated rings. The lowest BCUT2D eigenvalue weighted by Gasteiger charge is -2.15. The Morgan fingerprint density at radius 1 is 0.957 bits per heavy atom. The number of esters is 1. The van der Waals surface area contributed by atoms with Crippen LogP contribution in [0.3, 0.4) is 0 Å². The van der Waals surface area contributed by atoms with E-state index >= 15 is 0 Å². The van der Waals surface area contributed by atoms with Gasteiger partial charge in [0.25, 0.3) is 0 Å². The Morgan fingerprint density at radius 3 is 2.22 bits per heavy atom. The molecule has 0 bridgehead atoms. The van der Waals surface area contributed by atoms with Gasteiger partial charge >= 0.3 is 5.97 Å². The first-order valence-electron chi connectivity index (χ1n) is 7.41. The topological polar surface area (TPSA) is 69.2 Å². The van der Waals surface area contributed by atoms with Gasteiger partial charge in [-0.1, -0.05) is 6.07 Å². The Kier molecular flexibility index (Phi) is 4.89. The molecule has 0 aliphatic heterocycles. The second-order valence-electron chi connectivity index (χ2n) is 5.71. The first-order chi connectivity index (χ1) is 10.8. The van der Waals surface area contributed by atoms with Crippen LogP contribution >= 0.6 is 0 Å². The summed E-state index contributed by atoms with van der Waals surface area (Å²) in [6.45, 7) is 9.16. The monoisotopic (exact) mass is 312 g/mol. The van der Waals surface area contributed by atoms with Crippen LogP contribution < -0.4 is 0 Å². The summed E-state index contributed by atoms with van der Waals surface area (Å²) in [4.78, 5) is 32.5. The van der Waals surface area contributed by atoms with Gasteiger partial charge < -0.3 is 4.74 Å². The second-order valence-corrected chi connectivity index (χ2v) is 5.71. The number of ketones is 1. The van der Waals surface area contributed by atoms with Gasteiger partial charge in [0.05, 0.1) is 11.9 Å². The van der Waals surface area contributed by atoms with Crippen LogP contribution in [0.25, 0.3) is 0 Å². The van der Waals surface area contributed by atoms with Crippen molar-refractivity contribution in [2.24, 2.45) is 0 Å². The highest BCUT2D eigenvalue weighted by Crippen LogP contribution is 2.18. The normalized spacial score (nSPS) is 11.9. The first-order valence-corrected chi connectivity index (χ1v) is 7.41. The van der Waals surface area contributed by atoms with Crippen LogP contribution in [-0.4, -0.2) is 27.8 Å². The van der Waals surface area contributed by atoms with E-state index in [0.29, 0.717) is 11.3 Å². The Morgan fingerprint density at radius 2 is 1.61 bits per heavy atom. The van der Waals surface area contributed by atoms with E-state index in [-0.39, 0.29) is 11.5 Å². The summed E-state index contributed by atoms with van der Waals surface area (Å²) >= 11 is 0. The van der Waals surface area contributed by atoms with E-state index in [2.05, 4.69) is 9.97 Å². The molecular weight excluding hydrogens is 292 g/mol.